The summed E-state index contributed by atoms with van der Waals surface area (Å²) in [5.74, 6) is 2.18. The quantitative estimate of drug-likeness (QED) is 0.452. The van der Waals surface area contributed by atoms with Crippen molar-refractivity contribution >= 4 is 0 Å². The van der Waals surface area contributed by atoms with Gasteiger partial charge in [0.2, 0.25) is 0 Å². The smallest absolute Gasteiger partial charge is 0.0585 e. The summed E-state index contributed by atoms with van der Waals surface area (Å²) in [5.41, 5.74) is 5.69. The topological polar surface area (TPSA) is 58.3 Å². The molecule has 0 aromatic carbocycles. The Kier molecular flexibility index (Phi) is 1.44. The first kappa shape index (κ1) is 6.58. The van der Waals surface area contributed by atoms with Crippen LogP contribution in [0.4, 0.5) is 0 Å². The van der Waals surface area contributed by atoms with E-state index in [2.05, 4.69) is 5.32 Å². The second-order valence-electron chi connectivity index (χ2n) is 3.41. The van der Waals surface area contributed by atoms with Gasteiger partial charge in [-0.25, -0.2) is 0 Å². The third kappa shape index (κ3) is 0.779. The van der Waals surface area contributed by atoms with Gasteiger partial charge in [-0.05, 0) is 30.8 Å². The molecule has 3 heteroatoms. The average Bonchev–Trinajstić information content (AvgIpc) is 2.43. The molecule has 2 rings (SSSR count). The summed E-state index contributed by atoms with van der Waals surface area (Å²) < 4.78 is 0. The molecule has 2 unspecified atom stereocenters. The van der Waals surface area contributed by atoms with Gasteiger partial charge < -0.3 is 16.2 Å². The Morgan fingerprint density at radius 3 is 2.60 bits per heavy atom. The number of hydrogen-bond acceptors (Lipinski definition) is 3. The molecule has 0 radical (unpaired) electrons. The highest BCUT2D eigenvalue weighted by atomic mass is 16.3. The first-order chi connectivity index (χ1) is 4.84. The maximum Gasteiger partial charge on any atom is 0.0585 e. The van der Waals surface area contributed by atoms with Gasteiger partial charge in [0, 0.05) is 6.04 Å². The van der Waals surface area contributed by atoms with E-state index in [-0.39, 0.29) is 12.6 Å². The second-order valence-corrected chi connectivity index (χ2v) is 3.41. The van der Waals surface area contributed by atoms with E-state index in [4.69, 9.17) is 10.8 Å². The summed E-state index contributed by atoms with van der Waals surface area (Å²) in [7, 11) is 0. The number of nitrogens with two attached hydrogens (primary N) is 1. The fraction of sp³-hybridized carbons (Fsp3) is 1.00. The Morgan fingerprint density at radius 1 is 1.50 bits per heavy atom. The number of aliphatic hydroxyl groups excluding tert-OH is 1. The Bertz CT molecular complexity index is 127. The van der Waals surface area contributed by atoms with E-state index in [1.54, 1.807) is 0 Å². The number of fused-ring (bicyclic) bond motifs is 1. The first-order valence-corrected chi connectivity index (χ1v) is 3.91. The molecule has 0 spiro atoms. The van der Waals surface area contributed by atoms with Gasteiger partial charge in [0.15, 0.2) is 0 Å². The van der Waals surface area contributed by atoms with Crippen molar-refractivity contribution in [2.45, 2.75) is 6.04 Å². The lowest BCUT2D eigenvalue weighted by Crippen LogP contribution is -2.31. The molecule has 2 fully saturated rings. The van der Waals surface area contributed by atoms with Gasteiger partial charge in [-0.2, -0.15) is 0 Å². The van der Waals surface area contributed by atoms with Gasteiger partial charge in [0.1, 0.15) is 0 Å². The predicted molar refractivity (Wildman–Crippen MR) is 38.4 cm³/mol. The Hall–Kier alpha value is -0.120. The molecular weight excluding hydrogens is 128 g/mol. The Labute approximate surface area is 60.6 Å². The first-order valence-electron chi connectivity index (χ1n) is 3.91. The molecule has 1 heterocycles. The maximum absolute atomic E-state index is 8.75. The number of piperidine rings is 1. The molecule has 0 aromatic rings. The molecule has 1 aliphatic heterocycles. The van der Waals surface area contributed by atoms with Crippen molar-refractivity contribution in [3.8, 4) is 0 Å². The summed E-state index contributed by atoms with van der Waals surface area (Å²) in [6, 6.07) is 0.0390. The molecule has 3 nitrogen and oxygen atoms in total. The standard InChI is InChI=1S/C7H14N2O/c8-6(3-10)7-4-1-9-2-5(4)7/h4-7,9-10H,1-3,8H2/t4-,5+,6?,7?. The molecular formula is C7H14N2O. The molecule has 1 saturated carbocycles. The molecule has 10 heavy (non-hydrogen) atoms. The van der Waals surface area contributed by atoms with Crippen molar-refractivity contribution in [2.24, 2.45) is 23.5 Å². The van der Waals surface area contributed by atoms with Crippen LogP contribution in [-0.4, -0.2) is 30.8 Å². The monoisotopic (exact) mass is 142 g/mol. The van der Waals surface area contributed by atoms with Crippen LogP contribution in [0.25, 0.3) is 0 Å². The summed E-state index contributed by atoms with van der Waals surface area (Å²) in [4.78, 5) is 0. The van der Waals surface area contributed by atoms with Crippen LogP contribution in [0.1, 0.15) is 0 Å². The summed E-state index contributed by atoms with van der Waals surface area (Å²) >= 11 is 0. The van der Waals surface area contributed by atoms with Gasteiger partial charge in [-0.1, -0.05) is 0 Å². The van der Waals surface area contributed by atoms with Crippen LogP contribution < -0.4 is 11.1 Å². The molecule has 0 aromatic heterocycles. The van der Waals surface area contributed by atoms with Crippen LogP contribution >= 0.6 is 0 Å². The van der Waals surface area contributed by atoms with Crippen LogP contribution in [0, 0.1) is 17.8 Å². The minimum Gasteiger partial charge on any atom is -0.395 e. The molecule has 0 bridgehead atoms. The number of rotatable bonds is 2. The van der Waals surface area contributed by atoms with Crippen LogP contribution in [0.15, 0.2) is 0 Å². The highest BCUT2D eigenvalue weighted by Crippen LogP contribution is 2.49. The van der Waals surface area contributed by atoms with Crippen molar-refractivity contribution in [1.29, 1.82) is 0 Å². The lowest BCUT2D eigenvalue weighted by atomic mass is 10.1. The fourth-order valence-electron chi connectivity index (χ4n) is 2.22. The number of hydrogen-bond donors (Lipinski definition) is 3. The van der Waals surface area contributed by atoms with Crippen molar-refractivity contribution in [3.05, 3.63) is 0 Å². The van der Waals surface area contributed by atoms with Crippen molar-refractivity contribution in [3.63, 3.8) is 0 Å². The summed E-state index contributed by atoms with van der Waals surface area (Å²) in [5, 5.41) is 12.0. The van der Waals surface area contributed by atoms with Gasteiger partial charge >= 0.3 is 0 Å². The number of nitrogens with one attached hydrogen (secondary N) is 1. The molecule has 4 N–H and O–H groups in total. The molecule has 58 valence electrons. The molecule has 4 atom stereocenters. The summed E-state index contributed by atoms with van der Waals surface area (Å²) in [6.07, 6.45) is 0. The van der Waals surface area contributed by atoms with Crippen LogP contribution in [0.5, 0.6) is 0 Å². The zero-order valence-electron chi connectivity index (χ0n) is 5.96. The normalized spacial score (nSPS) is 46.8. The lowest BCUT2D eigenvalue weighted by molar-refractivity contribution is 0.244. The third-order valence-electron chi connectivity index (χ3n) is 2.86. The lowest BCUT2D eigenvalue weighted by Gasteiger charge is -2.09. The van der Waals surface area contributed by atoms with E-state index in [0.29, 0.717) is 5.92 Å². The van der Waals surface area contributed by atoms with Gasteiger partial charge in [-0.15, -0.1) is 0 Å². The third-order valence-corrected chi connectivity index (χ3v) is 2.86. The van der Waals surface area contributed by atoms with E-state index < -0.39 is 0 Å². The molecule has 2 aliphatic rings. The van der Waals surface area contributed by atoms with E-state index in [0.717, 1.165) is 24.9 Å². The van der Waals surface area contributed by atoms with Crippen LogP contribution in [0.3, 0.4) is 0 Å². The Balaban J connectivity index is 1.88. The molecule has 1 aliphatic carbocycles. The minimum atomic E-state index is 0.0390. The van der Waals surface area contributed by atoms with E-state index in [1.807, 2.05) is 0 Å². The van der Waals surface area contributed by atoms with Gasteiger partial charge in [-0.3, -0.25) is 0 Å². The largest absolute Gasteiger partial charge is 0.395 e. The predicted octanol–water partition coefficient (Wildman–Crippen LogP) is -1.23. The van der Waals surface area contributed by atoms with E-state index in [1.165, 1.54) is 0 Å². The SMILES string of the molecule is NC(CO)C1[C@H]2CNC[C@@H]12. The van der Waals surface area contributed by atoms with Crippen molar-refractivity contribution < 1.29 is 5.11 Å². The molecule has 1 saturated heterocycles. The zero-order chi connectivity index (χ0) is 7.14. The number of aliphatic hydroxyl groups is 1. The highest BCUT2D eigenvalue weighted by molar-refractivity contribution is 5.07. The summed E-state index contributed by atoms with van der Waals surface area (Å²) in [6.45, 7) is 2.38. The van der Waals surface area contributed by atoms with E-state index in [9.17, 15) is 0 Å². The second kappa shape index (κ2) is 2.19. The minimum absolute atomic E-state index is 0.0390. The molecule has 0 amide bonds. The highest BCUT2D eigenvalue weighted by Gasteiger charge is 2.54. The van der Waals surface area contributed by atoms with Crippen LogP contribution in [0.2, 0.25) is 0 Å². The van der Waals surface area contributed by atoms with Gasteiger partial charge in [0.05, 0.1) is 6.61 Å². The van der Waals surface area contributed by atoms with Crippen molar-refractivity contribution in [2.75, 3.05) is 19.7 Å². The van der Waals surface area contributed by atoms with Gasteiger partial charge in [0.25, 0.3) is 0 Å². The fourth-order valence-corrected chi connectivity index (χ4v) is 2.22. The Morgan fingerprint density at radius 2 is 2.10 bits per heavy atom. The average molecular weight is 142 g/mol. The maximum atomic E-state index is 8.75. The van der Waals surface area contributed by atoms with Crippen LogP contribution in [-0.2, 0) is 0 Å². The van der Waals surface area contributed by atoms with Crippen molar-refractivity contribution in [1.82, 2.24) is 5.32 Å². The van der Waals surface area contributed by atoms with E-state index >= 15 is 0 Å². The zero-order valence-corrected chi connectivity index (χ0v) is 5.96.